The van der Waals surface area contributed by atoms with Gasteiger partial charge < -0.3 is 0 Å². The Morgan fingerprint density at radius 1 is 0.488 bits per heavy atom. The first kappa shape index (κ1) is 26.7. The van der Waals surface area contributed by atoms with Gasteiger partial charge in [-0.1, -0.05) is 18.2 Å². The maximum absolute atomic E-state index is 2.37. The van der Waals surface area contributed by atoms with Crippen LogP contribution in [0.15, 0.2) is 102 Å². The van der Waals surface area contributed by atoms with Gasteiger partial charge in [-0.15, -0.1) is 91.5 Å². The van der Waals surface area contributed by atoms with Crippen molar-refractivity contribution < 1.29 is 0 Å². The zero-order valence-corrected chi connectivity index (χ0v) is 28.3. The molecule has 0 aromatic carbocycles. The van der Waals surface area contributed by atoms with Crippen molar-refractivity contribution in [1.82, 2.24) is 0 Å². The fourth-order valence-corrected chi connectivity index (χ4v) is 13.6. The van der Waals surface area contributed by atoms with E-state index in [0.29, 0.717) is 10.5 Å². The van der Waals surface area contributed by atoms with E-state index in [4.69, 9.17) is 0 Å². The second kappa shape index (κ2) is 11.3. The molecule has 2 unspecified atom stereocenters. The first-order valence-corrected chi connectivity index (χ1v) is 19.8. The van der Waals surface area contributed by atoms with Gasteiger partial charge in [0.05, 0.1) is 10.5 Å². The summed E-state index contributed by atoms with van der Waals surface area (Å²) in [6.07, 6.45) is 9.37. The maximum atomic E-state index is 2.37. The SMILES string of the molecule is Cc1ccc(-c2ccc(C3C=C/C(=c4/cc/c(=c5/cc/c(=C6/C=CC(c7ccc(-c8cccs8)s7)S6)s5)s4)S3)s2)s1. The zero-order valence-electron chi connectivity index (χ0n) is 21.7. The summed E-state index contributed by atoms with van der Waals surface area (Å²) in [5, 5.41) is 2.97. The van der Waals surface area contributed by atoms with Crippen molar-refractivity contribution in [3.8, 4) is 19.5 Å². The van der Waals surface area contributed by atoms with Crippen LogP contribution >= 0.6 is 91.5 Å². The van der Waals surface area contributed by atoms with E-state index >= 15 is 0 Å². The molecule has 0 saturated heterocycles. The average Bonchev–Trinajstić information content (AvgIpc) is 3.85. The molecular weight excluding hydrogens is 653 g/mol. The fraction of sp³-hybridized carbons (Fsp3) is 0.0909. The quantitative estimate of drug-likeness (QED) is 0.183. The smallest absolute Gasteiger partial charge is 0.0622 e. The molecule has 6 aromatic rings. The summed E-state index contributed by atoms with van der Waals surface area (Å²) in [5.41, 5.74) is 0. The standard InChI is InChI=1S/C33H22S8/c1-19-4-5-22(35-19)23-8-9-26(37-23)27-12-13-30(39-27)31-16-17-33(41-31)32-15-14-29(40-32)28-11-10-25(38-28)24-7-6-21(36-24)20-3-2-18-34-20/h2-18,25,27H,1H3/b29-28+,31-30+,33-32+. The Morgan fingerprint density at radius 2 is 1.02 bits per heavy atom. The first-order chi connectivity index (χ1) is 20.2. The van der Waals surface area contributed by atoms with Crippen LogP contribution in [0.2, 0.25) is 0 Å². The van der Waals surface area contributed by atoms with Crippen molar-refractivity contribution in [3.63, 3.8) is 0 Å². The molecule has 2 atom stereocenters. The highest BCUT2D eigenvalue weighted by molar-refractivity contribution is 8.09. The molecule has 41 heavy (non-hydrogen) atoms. The lowest BCUT2D eigenvalue weighted by molar-refractivity contribution is 1.32. The number of hydrogen-bond donors (Lipinski definition) is 0. The Bertz CT molecular complexity index is 2140. The predicted molar refractivity (Wildman–Crippen MR) is 191 cm³/mol. The Kier molecular flexibility index (Phi) is 7.38. The third-order valence-corrected chi connectivity index (χ3v) is 17.0. The summed E-state index contributed by atoms with van der Waals surface area (Å²) in [6, 6.07) is 27.2. The summed E-state index contributed by atoms with van der Waals surface area (Å²) in [7, 11) is 0. The minimum absolute atomic E-state index is 0.406. The number of rotatable bonds is 4. The van der Waals surface area contributed by atoms with E-state index in [1.165, 1.54) is 62.1 Å². The van der Waals surface area contributed by atoms with E-state index in [-0.39, 0.29) is 0 Å². The van der Waals surface area contributed by atoms with Crippen LogP contribution < -0.4 is 9.06 Å². The van der Waals surface area contributed by atoms with E-state index in [2.05, 4.69) is 109 Å². The third kappa shape index (κ3) is 5.38. The van der Waals surface area contributed by atoms with E-state index < -0.39 is 0 Å². The predicted octanol–water partition coefficient (Wildman–Crippen LogP) is 11.3. The van der Waals surface area contributed by atoms with Crippen molar-refractivity contribution in [3.05, 3.63) is 135 Å². The van der Waals surface area contributed by atoms with Gasteiger partial charge in [-0.25, -0.2) is 0 Å². The molecular formula is C33H22S8. The van der Waals surface area contributed by atoms with Gasteiger partial charge >= 0.3 is 0 Å². The Labute approximate surface area is 271 Å². The lowest BCUT2D eigenvalue weighted by Crippen LogP contribution is -1.92. The minimum atomic E-state index is 0.406. The summed E-state index contributed by atoms with van der Waals surface area (Å²) in [5.74, 6) is 0. The van der Waals surface area contributed by atoms with Crippen LogP contribution in [0.3, 0.4) is 0 Å². The van der Waals surface area contributed by atoms with E-state index in [1.54, 1.807) is 0 Å². The van der Waals surface area contributed by atoms with E-state index in [0.717, 1.165) is 0 Å². The van der Waals surface area contributed by atoms with Gasteiger partial charge in [0.25, 0.3) is 0 Å². The second-order valence-electron chi connectivity index (χ2n) is 9.64. The lowest BCUT2D eigenvalue weighted by Gasteiger charge is -2.03. The van der Waals surface area contributed by atoms with Gasteiger partial charge in [0.2, 0.25) is 0 Å². The molecule has 8 heterocycles. The normalized spacial score (nSPS) is 21.9. The highest BCUT2D eigenvalue weighted by Gasteiger charge is 2.21. The van der Waals surface area contributed by atoms with Crippen LogP contribution in [0.1, 0.15) is 25.1 Å². The lowest BCUT2D eigenvalue weighted by atomic mass is 10.3. The van der Waals surface area contributed by atoms with Crippen LogP contribution in [0.5, 0.6) is 0 Å². The van der Waals surface area contributed by atoms with Crippen LogP contribution in [0.4, 0.5) is 0 Å². The molecule has 0 radical (unpaired) electrons. The van der Waals surface area contributed by atoms with Gasteiger partial charge in [-0.3, -0.25) is 0 Å². The Hall–Kier alpha value is -1.88. The summed E-state index contributed by atoms with van der Waals surface area (Å²) < 4.78 is 5.45. The molecule has 0 bridgehead atoms. The molecule has 8 rings (SSSR count). The zero-order chi connectivity index (χ0) is 27.3. The molecule has 6 aromatic heterocycles. The molecule has 0 spiro atoms. The number of thioether (sulfide) groups is 2. The van der Waals surface area contributed by atoms with Crippen LogP contribution in [-0.2, 0) is 0 Å². The van der Waals surface area contributed by atoms with Crippen molar-refractivity contribution >= 4 is 101 Å². The number of aryl methyl sites for hydroxylation is 1. The maximum Gasteiger partial charge on any atom is 0.0622 e. The Morgan fingerprint density at radius 3 is 1.56 bits per heavy atom. The molecule has 0 fully saturated rings. The molecule has 0 aliphatic carbocycles. The summed E-state index contributed by atoms with van der Waals surface area (Å²) in [6.45, 7) is 2.18. The van der Waals surface area contributed by atoms with Gasteiger partial charge in [0.1, 0.15) is 0 Å². The first-order valence-electron chi connectivity index (χ1n) is 13.1. The monoisotopic (exact) mass is 674 g/mol. The van der Waals surface area contributed by atoms with Crippen molar-refractivity contribution in [2.75, 3.05) is 0 Å². The largest absolute Gasteiger partial charge is 0.143 e. The fourth-order valence-electron chi connectivity index (χ4n) is 4.83. The molecule has 0 saturated carbocycles. The van der Waals surface area contributed by atoms with E-state index in [9.17, 15) is 0 Å². The van der Waals surface area contributed by atoms with Crippen molar-refractivity contribution in [2.24, 2.45) is 0 Å². The number of thiophene rings is 6. The average molecular weight is 675 g/mol. The van der Waals surface area contributed by atoms with Gasteiger partial charge in [-0.05, 0) is 91.2 Å². The highest BCUT2D eigenvalue weighted by atomic mass is 32.2. The highest BCUT2D eigenvalue weighted by Crippen LogP contribution is 2.48. The molecule has 0 nitrogen and oxygen atoms in total. The van der Waals surface area contributed by atoms with Crippen LogP contribution in [0.25, 0.3) is 29.3 Å². The molecule has 0 N–H and O–H groups in total. The minimum Gasteiger partial charge on any atom is -0.143 e. The molecule has 8 heteroatoms. The molecule has 2 aliphatic rings. The molecule has 0 amide bonds. The Balaban J connectivity index is 1.03. The summed E-state index contributed by atoms with van der Waals surface area (Å²) in [4.78, 5) is 12.5. The van der Waals surface area contributed by atoms with Gasteiger partial charge in [0, 0.05) is 62.1 Å². The molecule has 202 valence electrons. The molecule has 2 aliphatic heterocycles. The van der Waals surface area contributed by atoms with Crippen molar-refractivity contribution in [1.29, 1.82) is 0 Å². The van der Waals surface area contributed by atoms with Gasteiger partial charge in [0.15, 0.2) is 0 Å². The third-order valence-electron chi connectivity index (χ3n) is 6.85. The van der Waals surface area contributed by atoms with Crippen LogP contribution in [-0.4, -0.2) is 0 Å². The van der Waals surface area contributed by atoms with Gasteiger partial charge in [-0.2, -0.15) is 0 Å². The summed E-state index contributed by atoms with van der Waals surface area (Å²) >= 11 is 15.3. The van der Waals surface area contributed by atoms with E-state index in [1.807, 2.05) is 91.5 Å². The van der Waals surface area contributed by atoms with Crippen LogP contribution in [0, 0.1) is 16.0 Å². The number of hydrogen-bond acceptors (Lipinski definition) is 8. The topological polar surface area (TPSA) is 0 Å². The second-order valence-corrected chi connectivity index (χ2v) is 18.6. The van der Waals surface area contributed by atoms with Crippen molar-refractivity contribution in [2.45, 2.75) is 17.4 Å².